The number of aryl methyl sites for hydroxylation is 1. The number of carbonyl (C=O) groups is 1. The molecule has 1 aromatic heterocycles. The molecule has 2 heterocycles. The highest BCUT2D eigenvalue weighted by atomic mass is 79.9. The molecule has 5 nitrogen and oxygen atoms in total. The second-order valence-electron chi connectivity index (χ2n) is 4.44. The van der Waals surface area contributed by atoms with Crippen LogP contribution in [0.5, 0.6) is 5.75 Å². The molecule has 0 radical (unpaired) electrons. The summed E-state index contributed by atoms with van der Waals surface area (Å²) in [6.45, 7) is 0.552. The second-order valence-corrected chi connectivity index (χ2v) is 5.20. The summed E-state index contributed by atoms with van der Waals surface area (Å²) in [5.74, 6) is 0.618. The molecule has 1 aliphatic rings. The van der Waals surface area contributed by atoms with Crippen molar-refractivity contribution in [3.8, 4) is 5.75 Å². The molecule has 0 fully saturated rings. The lowest BCUT2D eigenvalue weighted by atomic mass is 9.88. The zero-order valence-electron chi connectivity index (χ0n) is 10.3. The fraction of sp³-hybridized carbons (Fsp3) is 0.308. The number of hydrogen-bond acceptors (Lipinski definition) is 4. The maximum absolute atomic E-state index is 12.7. The van der Waals surface area contributed by atoms with Crippen molar-refractivity contribution in [1.82, 2.24) is 15.0 Å². The van der Waals surface area contributed by atoms with Gasteiger partial charge in [0.15, 0.2) is 10.4 Å². The van der Waals surface area contributed by atoms with E-state index in [1.807, 2.05) is 24.3 Å². The lowest BCUT2D eigenvalue weighted by Gasteiger charge is -2.24. The summed E-state index contributed by atoms with van der Waals surface area (Å²) >= 11 is 3.28. The number of nitrogens with zero attached hydrogens (tertiary/aromatic N) is 3. The smallest absolute Gasteiger partial charge is 0.191 e. The van der Waals surface area contributed by atoms with Gasteiger partial charge in [-0.3, -0.25) is 4.79 Å². The number of aromatic nitrogens is 3. The minimum atomic E-state index is -0.196. The molecule has 0 N–H and O–H groups in total. The van der Waals surface area contributed by atoms with Crippen LogP contribution in [0.4, 0.5) is 0 Å². The van der Waals surface area contributed by atoms with Gasteiger partial charge in [0.25, 0.3) is 0 Å². The van der Waals surface area contributed by atoms with E-state index >= 15 is 0 Å². The number of rotatable bonds is 2. The van der Waals surface area contributed by atoms with Crippen LogP contribution in [0.2, 0.25) is 0 Å². The third-order valence-corrected chi connectivity index (χ3v) is 3.83. The average molecular weight is 322 g/mol. The number of halogens is 1. The Kier molecular flexibility index (Phi) is 3.10. The van der Waals surface area contributed by atoms with E-state index < -0.39 is 0 Å². The fourth-order valence-electron chi connectivity index (χ4n) is 2.37. The Morgan fingerprint density at radius 2 is 2.26 bits per heavy atom. The van der Waals surface area contributed by atoms with E-state index in [0.29, 0.717) is 23.3 Å². The van der Waals surface area contributed by atoms with E-state index in [2.05, 4.69) is 26.2 Å². The van der Waals surface area contributed by atoms with E-state index in [-0.39, 0.29) is 11.7 Å². The minimum absolute atomic E-state index is 0.0233. The molecule has 0 spiro atoms. The average Bonchev–Trinajstić information content (AvgIpc) is 2.77. The van der Waals surface area contributed by atoms with Crippen LogP contribution in [-0.4, -0.2) is 27.4 Å². The molecule has 6 heteroatoms. The lowest BCUT2D eigenvalue weighted by Crippen LogP contribution is -2.23. The molecule has 2 aromatic rings. The summed E-state index contributed by atoms with van der Waals surface area (Å²) in [7, 11) is 1.72. The molecule has 1 aliphatic heterocycles. The lowest BCUT2D eigenvalue weighted by molar-refractivity contribution is 0.0923. The monoisotopic (exact) mass is 321 g/mol. The van der Waals surface area contributed by atoms with Crippen molar-refractivity contribution in [2.45, 2.75) is 12.3 Å². The molecular weight excluding hydrogens is 310 g/mol. The van der Waals surface area contributed by atoms with E-state index in [1.54, 1.807) is 7.05 Å². The molecule has 1 atom stereocenters. The quantitative estimate of drug-likeness (QED) is 0.796. The Hall–Kier alpha value is -1.69. The van der Waals surface area contributed by atoms with Crippen LogP contribution in [0.1, 0.15) is 28.4 Å². The minimum Gasteiger partial charge on any atom is -0.493 e. The van der Waals surface area contributed by atoms with Crippen molar-refractivity contribution in [2.24, 2.45) is 7.05 Å². The summed E-state index contributed by atoms with van der Waals surface area (Å²) in [6, 6.07) is 7.66. The fourth-order valence-corrected chi connectivity index (χ4v) is 2.90. The Morgan fingerprint density at radius 3 is 3.00 bits per heavy atom. The van der Waals surface area contributed by atoms with Crippen molar-refractivity contribution >= 4 is 21.7 Å². The maximum Gasteiger partial charge on any atom is 0.191 e. The summed E-state index contributed by atoms with van der Waals surface area (Å²) in [6.07, 6.45) is 0.674. The molecule has 3 rings (SSSR count). The largest absolute Gasteiger partial charge is 0.493 e. The highest BCUT2D eigenvalue weighted by Gasteiger charge is 2.31. The van der Waals surface area contributed by atoms with E-state index in [9.17, 15) is 4.79 Å². The molecule has 1 aromatic carbocycles. The van der Waals surface area contributed by atoms with Crippen LogP contribution >= 0.6 is 15.9 Å². The van der Waals surface area contributed by atoms with Gasteiger partial charge >= 0.3 is 0 Å². The number of carbonyl (C=O) groups excluding carboxylic acids is 1. The predicted molar refractivity (Wildman–Crippen MR) is 72.3 cm³/mol. The third-order valence-electron chi connectivity index (χ3n) is 3.29. The van der Waals surface area contributed by atoms with Crippen molar-refractivity contribution < 1.29 is 9.53 Å². The van der Waals surface area contributed by atoms with Gasteiger partial charge in [-0.15, -0.1) is 5.10 Å². The number of ketones is 1. The number of fused-ring (bicyclic) bond motifs is 1. The van der Waals surface area contributed by atoms with Crippen LogP contribution < -0.4 is 4.74 Å². The number of para-hydroxylation sites is 1. The molecule has 19 heavy (non-hydrogen) atoms. The second kappa shape index (κ2) is 4.77. The number of Topliss-reactive ketones (excluding diaryl/α,β-unsaturated/α-hetero) is 1. The molecule has 0 saturated heterocycles. The van der Waals surface area contributed by atoms with Gasteiger partial charge in [-0.1, -0.05) is 23.4 Å². The maximum atomic E-state index is 12.7. The number of benzene rings is 1. The summed E-state index contributed by atoms with van der Waals surface area (Å²) in [4.78, 5) is 12.7. The SMILES string of the molecule is Cn1nnc(Br)c1C(=O)C1CCOc2ccccc21. The Balaban J connectivity index is 2.03. The van der Waals surface area contributed by atoms with Crippen LogP contribution in [0, 0.1) is 0 Å². The first-order chi connectivity index (χ1) is 9.18. The highest BCUT2D eigenvalue weighted by Crippen LogP contribution is 2.36. The first-order valence-electron chi connectivity index (χ1n) is 5.99. The predicted octanol–water partition coefficient (Wildman–Crippen LogP) is 2.33. The molecule has 1 unspecified atom stereocenters. The Labute approximate surface area is 118 Å². The molecule has 98 valence electrons. The number of ether oxygens (including phenoxy) is 1. The van der Waals surface area contributed by atoms with Gasteiger partial charge in [-0.05, 0) is 28.4 Å². The van der Waals surface area contributed by atoms with E-state index in [1.165, 1.54) is 4.68 Å². The summed E-state index contributed by atoms with van der Waals surface area (Å²) < 4.78 is 7.57. The summed E-state index contributed by atoms with van der Waals surface area (Å²) in [5, 5.41) is 7.72. The van der Waals surface area contributed by atoms with Crippen LogP contribution in [0.3, 0.4) is 0 Å². The van der Waals surface area contributed by atoms with Crippen LogP contribution in [0.15, 0.2) is 28.9 Å². The zero-order chi connectivity index (χ0) is 13.4. The Bertz CT molecular complexity index is 619. The van der Waals surface area contributed by atoms with Crippen LogP contribution in [0.25, 0.3) is 0 Å². The van der Waals surface area contributed by atoms with Crippen molar-refractivity contribution in [2.75, 3.05) is 6.61 Å². The molecule has 0 saturated carbocycles. The van der Waals surface area contributed by atoms with Gasteiger partial charge in [-0.25, -0.2) is 4.68 Å². The first kappa shape index (κ1) is 12.3. The van der Waals surface area contributed by atoms with E-state index in [4.69, 9.17) is 4.74 Å². The van der Waals surface area contributed by atoms with Crippen molar-refractivity contribution in [3.63, 3.8) is 0 Å². The van der Waals surface area contributed by atoms with Crippen molar-refractivity contribution in [1.29, 1.82) is 0 Å². The highest BCUT2D eigenvalue weighted by molar-refractivity contribution is 9.10. The van der Waals surface area contributed by atoms with Gasteiger partial charge < -0.3 is 4.74 Å². The van der Waals surface area contributed by atoms with Crippen molar-refractivity contribution in [3.05, 3.63) is 40.1 Å². The normalized spacial score (nSPS) is 17.7. The molecule has 0 aliphatic carbocycles. The number of hydrogen-bond donors (Lipinski definition) is 0. The molecular formula is C13H12BrN3O2. The van der Waals surface area contributed by atoms with Gasteiger partial charge in [0.2, 0.25) is 0 Å². The molecule has 0 amide bonds. The third kappa shape index (κ3) is 2.06. The standard InChI is InChI=1S/C13H12BrN3O2/c1-17-11(13(14)15-16-17)12(18)9-6-7-19-10-5-3-2-4-8(9)10/h2-5,9H,6-7H2,1H3. The topological polar surface area (TPSA) is 57.0 Å². The molecule has 0 bridgehead atoms. The summed E-state index contributed by atoms with van der Waals surface area (Å²) in [5.41, 5.74) is 1.44. The Morgan fingerprint density at radius 1 is 1.47 bits per heavy atom. The zero-order valence-corrected chi connectivity index (χ0v) is 11.9. The van der Waals surface area contributed by atoms with Gasteiger partial charge in [-0.2, -0.15) is 0 Å². The van der Waals surface area contributed by atoms with Gasteiger partial charge in [0.05, 0.1) is 12.5 Å². The first-order valence-corrected chi connectivity index (χ1v) is 6.79. The van der Waals surface area contributed by atoms with Gasteiger partial charge in [0, 0.05) is 12.6 Å². The van der Waals surface area contributed by atoms with Crippen LogP contribution in [-0.2, 0) is 7.05 Å². The van der Waals surface area contributed by atoms with Gasteiger partial charge in [0.1, 0.15) is 11.4 Å². The van der Waals surface area contributed by atoms with E-state index in [0.717, 1.165) is 11.3 Å².